The van der Waals surface area contributed by atoms with Crippen molar-refractivity contribution >= 4 is 40.2 Å². The third-order valence-electron chi connectivity index (χ3n) is 7.45. The van der Waals surface area contributed by atoms with Gasteiger partial charge in [0.05, 0.1) is 29.2 Å². The summed E-state index contributed by atoms with van der Waals surface area (Å²) in [5, 5.41) is 21.8. The van der Waals surface area contributed by atoms with E-state index in [0.717, 1.165) is 30.8 Å². The van der Waals surface area contributed by atoms with Gasteiger partial charge in [0.25, 0.3) is 0 Å². The predicted molar refractivity (Wildman–Crippen MR) is 147 cm³/mol. The van der Waals surface area contributed by atoms with Crippen molar-refractivity contribution in [3.8, 4) is 5.75 Å². The first-order valence-electron chi connectivity index (χ1n) is 12.5. The number of hydrogen-bond donors (Lipinski definition) is 3. The lowest BCUT2D eigenvalue weighted by Crippen LogP contribution is -2.48. The van der Waals surface area contributed by atoms with Crippen molar-refractivity contribution < 1.29 is 19.8 Å². The monoisotopic (exact) mass is 543 g/mol. The van der Waals surface area contributed by atoms with Crippen LogP contribution < -0.4 is 10.2 Å². The minimum atomic E-state index is -0.892. The van der Waals surface area contributed by atoms with Crippen LogP contribution in [0.2, 0.25) is 5.02 Å². The minimum absolute atomic E-state index is 0.326. The number of methoxy groups -OCH3 is 1. The zero-order valence-electron chi connectivity index (χ0n) is 21.2. The van der Waals surface area contributed by atoms with Crippen molar-refractivity contribution in [3.05, 3.63) is 64.8 Å². The first kappa shape index (κ1) is 27.7. The Balaban J connectivity index is 1.40. The van der Waals surface area contributed by atoms with E-state index in [1.54, 1.807) is 13.3 Å². The Morgan fingerprint density at radius 2 is 2.03 bits per heavy atom. The van der Waals surface area contributed by atoms with Crippen LogP contribution in [-0.2, 0) is 4.79 Å². The predicted octanol–water partition coefficient (Wildman–Crippen LogP) is 5.40. The average molecular weight is 544 g/mol. The molecule has 0 aliphatic carbocycles. The second-order valence-corrected chi connectivity index (χ2v) is 11.2. The summed E-state index contributed by atoms with van der Waals surface area (Å²) in [6.45, 7) is 4.57. The van der Waals surface area contributed by atoms with Gasteiger partial charge in [-0.15, -0.1) is 11.8 Å². The lowest BCUT2D eigenvalue weighted by molar-refractivity contribution is -0.143. The fraction of sp³-hybridized carbons (Fsp3) is 0.429. The van der Waals surface area contributed by atoms with Gasteiger partial charge < -0.3 is 14.7 Å². The maximum Gasteiger partial charge on any atom is 0.249 e. The van der Waals surface area contributed by atoms with Gasteiger partial charge in [0.15, 0.2) is 0 Å². The quantitative estimate of drug-likeness (QED) is 0.179. The smallest absolute Gasteiger partial charge is 0.249 e. The molecule has 1 aliphatic rings. The maximum absolute atomic E-state index is 12.8. The molecule has 4 rings (SSSR count). The van der Waals surface area contributed by atoms with Crippen LogP contribution in [0.5, 0.6) is 5.75 Å². The van der Waals surface area contributed by atoms with Crippen LogP contribution in [0.3, 0.4) is 0 Å². The van der Waals surface area contributed by atoms with E-state index in [0.29, 0.717) is 47.5 Å². The van der Waals surface area contributed by atoms with E-state index < -0.39 is 11.5 Å². The van der Waals surface area contributed by atoms with Crippen LogP contribution in [0.4, 0.5) is 0 Å². The number of carbonyl (C=O) groups is 1. The topological polar surface area (TPSA) is 94.9 Å². The molecule has 37 heavy (non-hydrogen) atoms. The first-order valence-corrected chi connectivity index (χ1v) is 13.9. The summed E-state index contributed by atoms with van der Waals surface area (Å²) < 4.78 is 5.34. The summed E-state index contributed by atoms with van der Waals surface area (Å²) in [7, 11) is 1.58. The van der Waals surface area contributed by atoms with E-state index >= 15 is 0 Å². The number of aromatic nitrogens is 1. The number of aliphatic hydroxyl groups is 1. The Morgan fingerprint density at radius 1 is 1.27 bits per heavy atom. The molecule has 0 radical (unpaired) electrons. The lowest BCUT2D eigenvalue weighted by atomic mass is 9.73. The summed E-state index contributed by atoms with van der Waals surface area (Å²) in [6.07, 6.45) is 2.62. The van der Waals surface area contributed by atoms with Gasteiger partial charge in [0, 0.05) is 34.3 Å². The second kappa shape index (κ2) is 12.5. The number of hydroxylamine groups is 1. The van der Waals surface area contributed by atoms with Crippen molar-refractivity contribution in [3.63, 3.8) is 0 Å². The van der Waals surface area contributed by atoms with E-state index in [-0.39, 0.29) is 5.91 Å². The summed E-state index contributed by atoms with van der Waals surface area (Å²) in [4.78, 5) is 20.8. The summed E-state index contributed by atoms with van der Waals surface area (Å²) in [5.41, 5.74) is 3.71. The van der Waals surface area contributed by atoms with Crippen LogP contribution in [0.25, 0.3) is 10.9 Å². The Bertz CT molecular complexity index is 1230. The fourth-order valence-electron chi connectivity index (χ4n) is 5.11. The van der Waals surface area contributed by atoms with Gasteiger partial charge >= 0.3 is 0 Å². The van der Waals surface area contributed by atoms with E-state index in [1.807, 2.05) is 35.4 Å². The zero-order valence-corrected chi connectivity index (χ0v) is 22.8. The molecule has 9 heteroatoms. The van der Waals surface area contributed by atoms with Crippen molar-refractivity contribution in [2.75, 3.05) is 32.5 Å². The van der Waals surface area contributed by atoms with E-state index in [9.17, 15) is 15.1 Å². The number of amides is 1. The van der Waals surface area contributed by atoms with Crippen LogP contribution in [-0.4, -0.2) is 58.6 Å². The molecule has 3 aromatic rings. The van der Waals surface area contributed by atoms with E-state index in [1.165, 1.54) is 10.5 Å². The van der Waals surface area contributed by atoms with Gasteiger partial charge in [-0.1, -0.05) is 29.8 Å². The Hall–Kier alpha value is -2.36. The standard InChI is InChI=1S/C28H34ClN3O4S/c1-19-5-3-4-6-25(19)37-16-15-32-13-11-28(12-14-32,27(34)31-35)10-9-24(33)26-21-17-20(36-2)7-8-23(21)30-18-22(26)29/h3-8,17-18,24,33,35H,9-16H2,1-2H3,(H,31,34)/t24-/m1/s1. The number of benzene rings is 2. The van der Waals surface area contributed by atoms with Crippen LogP contribution in [0.1, 0.15) is 42.9 Å². The molecule has 1 fully saturated rings. The molecule has 0 spiro atoms. The van der Waals surface area contributed by atoms with Crippen LogP contribution in [0.15, 0.2) is 53.6 Å². The highest BCUT2D eigenvalue weighted by molar-refractivity contribution is 7.99. The number of thioether (sulfide) groups is 1. The SMILES string of the molecule is COc1ccc2ncc(Cl)c([C@H](O)CCC3(C(=O)NO)CCN(CCSc4ccccc4C)CC3)c2c1. The van der Waals surface area contributed by atoms with Gasteiger partial charge in [-0.3, -0.25) is 15.0 Å². The molecule has 1 saturated heterocycles. The normalized spacial score (nSPS) is 16.5. The van der Waals surface area contributed by atoms with Gasteiger partial charge in [0.1, 0.15) is 5.75 Å². The minimum Gasteiger partial charge on any atom is -0.497 e. The fourth-order valence-corrected chi connectivity index (χ4v) is 6.42. The number of likely N-dealkylation sites (tertiary alicyclic amines) is 1. The van der Waals surface area contributed by atoms with Crippen molar-refractivity contribution in [2.24, 2.45) is 5.41 Å². The highest BCUT2D eigenvalue weighted by atomic mass is 35.5. The third kappa shape index (κ3) is 6.38. The molecule has 1 amide bonds. The number of rotatable bonds is 10. The van der Waals surface area contributed by atoms with Crippen molar-refractivity contribution in [1.29, 1.82) is 0 Å². The molecule has 1 aliphatic heterocycles. The number of piperidine rings is 1. The molecule has 7 nitrogen and oxygen atoms in total. The highest BCUT2D eigenvalue weighted by Gasteiger charge is 2.41. The first-order chi connectivity index (χ1) is 17.9. The van der Waals surface area contributed by atoms with Gasteiger partial charge in [-0.05, 0) is 75.5 Å². The number of hydrogen-bond acceptors (Lipinski definition) is 7. The Kier molecular flexibility index (Phi) is 9.31. The zero-order chi connectivity index (χ0) is 26.4. The number of halogens is 1. The molecule has 0 saturated carbocycles. The number of nitrogens with one attached hydrogen (secondary N) is 1. The third-order valence-corrected chi connectivity index (χ3v) is 8.91. The largest absolute Gasteiger partial charge is 0.497 e. The van der Waals surface area contributed by atoms with Crippen molar-refractivity contribution in [1.82, 2.24) is 15.4 Å². The second-order valence-electron chi connectivity index (χ2n) is 9.63. The molecule has 1 atom stereocenters. The molecule has 198 valence electrons. The number of carbonyl (C=O) groups excluding carboxylic acids is 1. The summed E-state index contributed by atoms with van der Waals surface area (Å²) in [6, 6.07) is 13.8. The number of aliphatic hydroxyl groups excluding tert-OH is 1. The summed E-state index contributed by atoms with van der Waals surface area (Å²) >= 11 is 8.32. The molecule has 1 aromatic heterocycles. The van der Waals surface area contributed by atoms with Gasteiger partial charge in [-0.25, -0.2) is 5.48 Å². The molecule has 2 heterocycles. The molecule has 3 N–H and O–H groups in total. The summed E-state index contributed by atoms with van der Waals surface area (Å²) in [5.74, 6) is 1.23. The van der Waals surface area contributed by atoms with E-state index in [4.69, 9.17) is 16.3 Å². The number of fused-ring (bicyclic) bond motifs is 1. The molecule has 0 unspecified atom stereocenters. The number of aryl methyl sites for hydroxylation is 1. The Morgan fingerprint density at radius 3 is 2.73 bits per heavy atom. The molecular formula is C28H34ClN3O4S. The number of pyridine rings is 1. The number of ether oxygens (including phenoxy) is 1. The molecule has 2 aromatic carbocycles. The molecular weight excluding hydrogens is 510 g/mol. The lowest BCUT2D eigenvalue weighted by Gasteiger charge is -2.40. The maximum atomic E-state index is 12.8. The molecule has 0 bridgehead atoms. The average Bonchev–Trinajstić information content (AvgIpc) is 2.92. The van der Waals surface area contributed by atoms with Crippen LogP contribution in [0, 0.1) is 12.3 Å². The van der Waals surface area contributed by atoms with Gasteiger partial charge in [0.2, 0.25) is 5.91 Å². The highest BCUT2D eigenvalue weighted by Crippen LogP contribution is 2.41. The number of nitrogens with zero attached hydrogens (tertiary/aromatic N) is 2. The van der Waals surface area contributed by atoms with Crippen molar-refractivity contribution in [2.45, 2.75) is 43.6 Å². The van der Waals surface area contributed by atoms with Crippen LogP contribution >= 0.6 is 23.4 Å². The van der Waals surface area contributed by atoms with E-state index in [2.05, 4.69) is 41.1 Å². The van der Waals surface area contributed by atoms with Gasteiger partial charge in [-0.2, -0.15) is 0 Å². The Labute approximate surface area is 227 Å².